The van der Waals surface area contributed by atoms with Crippen LogP contribution in [0.5, 0.6) is 0 Å². The molecule has 1 aromatic rings. The molecule has 0 amide bonds. The molecule has 0 spiro atoms. The molecule has 0 aliphatic carbocycles. The fourth-order valence-corrected chi connectivity index (χ4v) is 0.779. The maximum absolute atomic E-state index is 11.1. The van der Waals surface area contributed by atoms with Crippen LogP contribution in [0.25, 0.3) is 0 Å². The predicted molar refractivity (Wildman–Crippen MR) is 44.0 cm³/mol. The van der Waals surface area contributed by atoms with Gasteiger partial charge in [0.25, 0.3) is 0 Å². The second-order valence-corrected chi connectivity index (χ2v) is 2.45. The van der Waals surface area contributed by atoms with Crippen LogP contribution in [-0.4, -0.2) is 25.7 Å². The molecule has 0 saturated carbocycles. The summed E-state index contributed by atoms with van der Waals surface area (Å²) >= 11 is 0. The Morgan fingerprint density at radius 3 is 3.08 bits per heavy atom. The van der Waals surface area contributed by atoms with Crippen molar-refractivity contribution in [3.8, 4) is 0 Å². The summed E-state index contributed by atoms with van der Waals surface area (Å²) in [5.41, 5.74) is -1.21. The third-order valence-electron chi connectivity index (χ3n) is 1.39. The number of aromatic nitrogens is 3. The van der Waals surface area contributed by atoms with E-state index in [-0.39, 0.29) is 6.54 Å². The van der Waals surface area contributed by atoms with Gasteiger partial charge >= 0.3 is 11.1 Å². The molecule has 2 N–H and O–H groups in total. The minimum absolute atomic E-state index is 0.0479. The lowest BCUT2D eigenvalue weighted by atomic mass is 10.4. The van der Waals surface area contributed by atoms with Crippen molar-refractivity contribution >= 4 is 5.71 Å². The molecule has 0 atom stereocenters. The van der Waals surface area contributed by atoms with Crippen LogP contribution in [0, 0.1) is 0 Å². The van der Waals surface area contributed by atoms with E-state index >= 15 is 0 Å². The van der Waals surface area contributed by atoms with Crippen molar-refractivity contribution in [2.45, 2.75) is 13.5 Å². The number of aromatic amines is 1. The normalized spacial score (nSPS) is 11.6. The summed E-state index contributed by atoms with van der Waals surface area (Å²) in [4.78, 5) is 21.8. The number of hydrogen-bond acceptors (Lipinski definition) is 5. The quantitative estimate of drug-likeness (QED) is 0.260. The van der Waals surface area contributed by atoms with Gasteiger partial charge in [-0.3, -0.25) is 14.2 Å². The number of H-pyrrole nitrogens is 1. The lowest BCUT2D eigenvalue weighted by Gasteiger charge is -2.00. The van der Waals surface area contributed by atoms with E-state index in [9.17, 15) is 9.59 Å². The van der Waals surface area contributed by atoms with Gasteiger partial charge in [-0.25, -0.2) is 5.10 Å². The summed E-state index contributed by atoms with van der Waals surface area (Å²) in [7, 11) is 0. The summed E-state index contributed by atoms with van der Waals surface area (Å²) in [5, 5.41) is 16.6. The van der Waals surface area contributed by atoms with Crippen molar-refractivity contribution in [1.29, 1.82) is 0 Å². The molecule has 7 nitrogen and oxygen atoms in total. The number of nitrogens with one attached hydrogen (secondary N) is 1. The first-order valence-corrected chi connectivity index (χ1v) is 3.47. The average Bonchev–Trinajstić information content (AvgIpc) is 2.13. The second kappa shape index (κ2) is 3.65. The summed E-state index contributed by atoms with van der Waals surface area (Å²) in [6.07, 6.45) is 1.17. The number of nitrogens with zero attached hydrogens (tertiary/aromatic N) is 3. The van der Waals surface area contributed by atoms with Crippen molar-refractivity contribution in [1.82, 2.24) is 14.8 Å². The van der Waals surface area contributed by atoms with Crippen molar-refractivity contribution in [2.75, 3.05) is 0 Å². The predicted octanol–water partition coefficient (Wildman–Crippen LogP) is -1.22. The molecule has 1 rings (SSSR count). The first-order chi connectivity index (χ1) is 6.15. The minimum Gasteiger partial charge on any atom is -0.411 e. The fraction of sp³-hybridized carbons (Fsp3) is 0.333. The highest BCUT2D eigenvalue weighted by Gasteiger charge is 2.01. The largest absolute Gasteiger partial charge is 0.411 e. The summed E-state index contributed by atoms with van der Waals surface area (Å²) < 4.78 is 1.05. The SMILES string of the molecule is CC(Cn1cn[nH]c(=O)c1=O)=NO. The molecular formula is C6H8N4O3. The van der Waals surface area contributed by atoms with Crippen LogP contribution in [-0.2, 0) is 6.54 Å². The van der Waals surface area contributed by atoms with Crippen molar-refractivity contribution in [3.63, 3.8) is 0 Å². The van der Waals surface area contributed by atoms with Gasteiger partial charge in [-0.1, -0.05) is 5.16 Å². The summed E-state index contributed by atoms with van der Waals surface area (Å²) in [6, 6.07) is 0. The highest BCUT2D eigenvalue weighted by molar-refractivity contribution is 5.80. The van der Waals surface area contributed by atoms with Gasteiger partial charge in [0, 0.05) is 0 Å². The molecule has 0 saturated heterocycles. The molecule has 0 aliphatic heterocycles. The number of hydrogen-bond donors (Lipinski definition) is 2. The van der Waals surface area contributed by atoms with E-state index in [0.29, 0.717) is 5.71 Å². The van der Waals surface area contributed by atoms with Crippen molar-refractivity contribution < 1.29 is 5.21 Å². The van der Waals surface area contributed by atoms with Crippen LogP contribution in [0.2, 0.25) is 0 Å². The Morgan fingerprint density at radius 2 is 2.46 bits per heavy atom. The topological polar surface area (TPSA) is 100 Å². The van der Waals surface area contributed by atoms with E-state index in [2.05, 4.69) is 10.3 Å². The van der Waals surface area contributed by atoms with Crippen LogP contribution in [0.1, 0.15) is 6.92 Å². The van der Waals surface area contributed by atoms with E-state index in [1.165, 1.54) is 13.3 Å². The van der Waals surface area contributed by atoms with Crippen LogP contribution < -0.4 is 11.1 Å². The molecule has 0 unspecified atom stereocenters. The highest BCUT2D eigenvalue weighted by atomic mass is 16.4. The van der Waals surface area contributed by atoms with E-state index in [1.54, 1.807) is 0 Å². The first-order valence-electron chi connectivity index (χ1n) is 3.47. The lowest BCUT2D eigenvalue weighted by molar-refractivity contribution is 0.316. The average molecular weight is 184 g/mol. The Morgan fingerprint density at radius 1 is 1.77 bits per heavy atom. The Labute approximate surface area is 72.3 Å². The van der Waals surface area contributed by atoms with E-state index in [4.69, 9.17) is 5.21 Å². The van der Waals surface area contributed by atoms with Gasteiger partial charge in [-0.2, -0.15) is 5.10 Å². The molecule has 13 heavy (non-hydrogen) atoms. The molecule has 0 aromatic carbocycles. The molecule has 7 heteroatoms. The molecule has 70 valence electrons. The molecule has 1 aromatic heterocycles. The van der Waals surface area contributed by atoms with Gasteiger partial charge in [0.05, 0.1) is 12.3 Å². The van der Waals surface area contributed by atoms with Gasteiger partial charge < -0.3 is 5.21 Å². The zero-order chi connectivity index (χ0) is 9.84. The maximum atomic E-state index is 11.1. The van der Waals surface area contributed by atoms with Gasteiger partial charge in [-0.05, 0) is 6.92 Å². The smallest absolute Gasteiger partial charge is 0.330 e. The maximum Gasteiger partial charge on any atom is 0.330 e. The van der Waals surface area contributed by atoms with E-state index < -0.39 is 11.1 Å². The van der Waals surface area contributed by atoms with E-state index in [1.807, 2.05) is 5.10 Å². The van der Waals surface area contributed by atoms with Crippen LogP contribution in [0.4, 0.5) is 0 Å². The molecular weight excluding hydrogens is 176 g/mol. The fourth-order valence-electron chi connectivity index (χ4n) is 0.779. The Bertz CT molecular complexity index is 430. The molecule has 0 bridgehead atoms. The molecule has 0 radical (unpaired) electrons. The summed E-state index contributed by atoms with van der Waals surface area (Å²) in [5.74, 6) is 0. The minimum atomic E-state index is -0.798. The van der Waals surface area contributed by atoms with Gasteiger partial charge in [0.2, 0.25) is 0 Å². The Kier molecular flexibility index (Phi) is 2.58. The first kappa shape index (κ1) is 9.17. The summed E-state index contributed by atoms with van der Waals surface area (Å²) in [6.45, 7) is 1.57. The highest BCUT2D eigenvalue weighted by Crippen LogP contribution is 1.79. The Hall–Kier alpha value is -1.92. The zero-order valence-electron chi connectivity index (χ0n) is 6.89. The lowest BCUT2D eigenvalue weighted by Crippen LogP contribution is -2.37. The molecule has 0 fully saturated rings. The van der Waals surface area contributed by atoms with Gasteiger partial charge in [0.15, 0.2) is 0 Å². The van der Waals surface area contributed by atoms with E-state index in [0.717, 1.165) is 4.57 Å². The van der Waals surface area contributed by atoms with Gasteiger partial charge in [0.1, 0.15) is 6.33 Å². The van der Waals surface area contributed by atoms with Gasteiger partial charge in [-0.15, -0.1) is 0 Å². The van der Waals surface area contributed by atoms with Crippen LogP contribution in [0.15, 0.2) is 21.1 Å². The van der Waals surface area contributed by atoms with Crippen molar-refractivity contribution in [3.05, 3.63) is 27.0 Å². The third-order valence-corrected chi connectivity index (χ3v) is 1.39. The number of rotatable bonds is 2. The van der Waals surface area contributed by atoms with Crippen LogP contribution in [0.3, 0.4) is 0 Å². The van der Waals surface area contributed by atoms with Crippen molar-refractivity contribution in [2.24, 2.45) is 5.16 Å². The standard InChI is InChI=1S/C6H8N4O3/c1-4(9-13)2-10-3-7-8-5(11)6(10)12/h3,13H,2H2,1H3,(H,8,11). The number of oxime groups is 1. The monoisotopic (exact) mass is 184 g/mol. The third kappa shape index (κ3) is 2.01. The Balaban J connectivity index is 3.10. The molecule has 0 aliphatic rings. The zero-order valence-corrected chi connectivity index (χ0v) is 6.89. The molecule has 1 heterocycles. The second-order valence-electron chi connectivity index (χ2n) is 2.45. The van der Waals surface area contributed by atoms with Crippen LogP contribution >= 0.6 is 0 Å².